The van der Waals surface area contributed by atoms with Crippen LogP contribution in [0.2, 0.25) is 0 Å². The van der Waals surface area contributed by atoms with Crippen molar-refractivity contribution in [3.05, 3.63) is 135 Å². The third-order valence-corrected chi connectivity index (χ3v) is 21.4. The van der Waals surface area contributed by atoms with E-state index in [9.17, 15) is 0 Å². The van der Waals surface area contributed by atoms with Gasteiger partial charge in [0.25, 0.3) is 0 Å². The molecule has 4 heteroatoms. The average molecular weight is 1020 g/mol. The third kappa shape index (κ3) is 8.48. The fourth-order valence-electron chi connectivity index (χ4n) is 15.5. The van der Waals surface area contributed by atoms with Crippen molar-refractivity contribution in [3.8, 4) is 11.1 Å². The molecular weight excluding hydrogens is 932 g/mol. The molecule has 1 N–H and O–H groups in total. The highest BCUT2D eigenvalue weighted by Gasteiger charge is 2.43. The summed E-state index contributed by atoms with van der Waals surface area (Å²) < 4.78 is 7.58. The maximum atomic E-state index is 7.58. The summed E-state index contributed by atoms with van der Waals surface area (Å²) in [5.41, 5.74) is 27.5. The van der Waals surface area contributed by atoms with Gasteiger partial charge in [0.1, 0.15) is 11.2 Å². The van der Waals surface area contributed by atoms with Crippen LogP contribution >= 0.6 is 0 Å². The molecule has 7 aromatic rings. The number of nitrogens with zero attached hydrogens (tertiary/aromatic N) is 1. The highest BCUT2D eigenvalue weighted by atomic mass is 16.3. The molecule has 0 unspecified atom stereocenters. The van der Waals surface area contributed by atoms with E-state index >= 15 is 0 Å². The van der Waals surface area contributed by atoms with Crippen LogP contribution in [0.1, 0.15) is 238 Å². The Hall–Kier alpha value is -5.22. The van der Waals surface area contributed by atoms with Crippen LogP contribution in [0.15, 0.2) is 89.3 Å². The summed E-state index contributed by atoms with van der Waals surface area (Å²) in [6, 6.07) is 35.2. The van der Waals surface area contributed by atoms with Crippen LogP contribution < -0.4 is 21.1 Å². The Labute approximate surface area is 465 Å². The van der Waals surface area contributed by atoms with Crippen molar-refractivity contribution >= 4 is 68.6 Å². The van der Waals surface area contributed by atoms with E-state index in [-0.39, 0.29) is 43.3 Å². The molecule has 0 saturated heterocycles. The zero-order chi connectivity index (χ0) is 54.8. The summed E-state index contributed by atoms with van der Waals surface area (Å²) in [4.78, 5) is 2.73. The Morgan fingerprint density at radius 1 is 0.468 bits per heavy atom. The van der Waals surface area contributed by atoms with E-state index in [1.165, 1.54) is 164 Å². The molecular formula is C73H91BN2O. The maximum Gasteiger partial charge on any atom is 0.198 e. The van der Waals surface area contributed by atoms with Crippen molar-refractivity contribution in [2.24, 2.45) is 0 Å². The summed E-state index contributed by atoms with van der Waals surface area (Å²) in [5.74, 6) is 0. The van der Waals surface area contributed by atoms with Gasteiger partial charge in [0, 0.05) is 39.1 Å². The molecule has 0 bridgehead atoms. The first-order valence-electron chi connectivity index (χ1n) is 30.3. The molecule has 3 nitrogen and oxygen atoms in total. The summed E-state index contributed by atoms with van der Waals surface area (Å²) in [6.07, 6.45) is 14.0. The first kappa shape index (κ1) is 52.5. The molecule has 402 valence electrons. The topological polar surface area (TPSA) is 28.4 Å². The zero-order valence-corrected chi connectivity index (χ0v) is 50.6. The molecule has 5 aliphatic rings. The number of rotatable bonds is 8. The minimum atomic E-state index is 0.0652. The van der Waals surface area contributed by atoms with Gasteiger partial charge in [-0.15, -0.1) is 0 Å². The molecule has 0 saturated carbocycles. The molecule has 6 aromatic carbocycles. The molecule has 4 aliphatic carbocycles. The molecule has 12 rings (SSSR count). The van der Waals surface area contributed by atoms with Crippen molar-refractivity contribution < 1.29 is 4.42 Å². The lowest BCUT2D eigenvalue weighted by atomic mass is 9.55. The van der Waals surface area contributed by atoms with E-state index in [2.05, 4.69) is 213 Å². The second-order valence-corrected chi connectivity index (χ2v) is 30.7. The fraction of sp³-hybridized carbons (Fsp3) is 0.507. The van der Waals surface area contributed by atoms with Gasteiger partial charge in [-0.1, -0.05) is 160 Å². The van der Waals surface area contributed by atoms with Gasteiger partial charge in [0.2, 0.25) is 0 Å². The van der Waals surface area contributed by atoms with E-state index in [1.807, 2.05) is 0 Å². The van der Waals surface area contributed by atoms with Gasteiger partial charge in [0.15, 0.2) is 7.28 Å². The van der Waals surface area contributed by atoms with Crippen molar-refractivity contribution in [1.82, 2.24) is 0 Å². The van der Waals surface area contributed by atoms with Crippen LogP contribution in [0.5, 0.6) is 0 Å². The largest absolute Gasteiger partial charge is 0.455 e. The van der Waals surface area contributed by atoms with Crippen LogP contribution in [0.3, 0.4) is 0 Å². The van der Waals surface area contributed by atoms with E-state index in [0.717, 1.165) is 42.7 Å². The van der Waals surface area contributed by atoms with E-state index in [4.69, 9.17) is 4.42 Å². The van der Waals surface area contributed by atoms with E-state index in [1.54, 1.807) is 0 Å². The van der Waals surface area contributed by atoms with E-state index < -0.39 is 0 Å². The Bertz CT molecular complexity index is 3570. The average Bonchev–Trinajstić information content (AvgIpc) is 3.82. The van der Waals surface area contributed by atoms with Gasteiger partial charge in [-0.3, -0.25) is 0 Å². The van der Waals surface area contributed by atoms with Gasteiger partial charge in [-0.2, -0.15) is 0 Å². The number of furan rings is 1. The molecule has 0 fully saturated rings. The summed E-state index contributed by atoms with van der Waals surface area (Å²) in [7, 11) is 0.841. The minimum absolute atomic E-state index is 0.0652. The lowest BCUT2D eigenvalue weighted by Crippen LogP contribution is -2.44. The van der Waals surface area contributed by atoms with Gasteiger partial charge in [-0.25, -0.2) is 0 Å². The molecule has 77 heavy (non-hydrogen) atoms. The quantitative estimate of drug-likeness (QED) is 0.121. The predicted molar refractivity (Wildman–Crippen MR) is 334 cm³/mol. The van der Waals surface area contributed by atoms with Gasteiger partial charge in [-0.05, 0) is 229 Å². The number of fused-ring (bicyclic) bond motifs is 9. The number of aryl methyl sites for hydroxylation is 1. The smallest absolute Gasteiger partial charge is 0.198 e. The first-order valence-corrected chi connectivity index (χ1v) is 30.3. The van der Waals surface area contributed by atoms with Crippen LogP contribution in [0.4, 0.5) is 28.4 Å². The second-order valence-electron chi connectivity index (χ2n) is 30.7. The number of hydrogen-bond donors (Lipinski definition) is 1. The van der Waals surface area contributed by atoms with Gasteiger partial charge >= 0.3 is 0 Å². The molecule has 0 spiro atoms. The first-order chi connectivity index (χ1) is 36.0. The summed E-state index contributed by atoms with van der Waals surface area (Å²) in [5, 5.41) is 6.61. The third-order valence-electron chi connectivity index (χ3n) is 21.4. The van der Waals surface area contributed by atoms with Crippen LogP contribution in [-0.4, -0.2) is 7.28 Å². The Kier molecular flexibility index (Phi) is 11.9. The van der Waals surface area contributed by atoms with Crippen molar-refractivity contribution in [2.45, 2.75) is 238 Å². The second kappa shape index (κ2) is 17.4. The number of hydrogen-bond acceptors (Lipinski definition) is 3. The maximum absolute atomic E-state index is 7.58. The van der Waals surface area contributed by atoms with Crippen molar-refractivity contribution in [1.29, 1.82) is 0 Å². The predicted octanol–water partition coefficient (Wildman–Crippen LogP) is 19.3. The number of anilines is 5. The lowest BCUT2D eigenvalue weighted by Gasteiger charge is -2.45. The number of nitrogens with one attached hydrogen (secondary N) is 1. The minimum Gasteiger partial charge on any atom is -0.455 e. The van der Waals surface area contributed by atoms with Crippen LogP contribution in [0, 0.1) is 0 Å². The molecule has 0 atom stereocenters. The van der Waals surface area contributed by atoms with E-state index in [0.29, 0.717) is 0 Å². The molecule has 0 radical (unpaired) electrons. The van der Waals surface area contributed by atoms with Crippen LogP contribution in [-0.2, 0) is 49.7 Å². The lowest BCUT2D eigenvalue weighted by molar-refractivity contribution is 0.332. The van der Waals surface area contributed by atoms with Crippen molar-refractivity contribution in [2.75, 3.05) is 10.2 Å². The molecule has 0 amide bonds. The normalized spacial score (nSPS) is 21.2. The number of benzene rings is 6. The summed E-state index contributed by atoms with van der Waals surface area (Å²) >= 11 is 0. The monoisotopic (exact) mass is 1020 g/mol. The Balaban J connectivity index is 1.17. The standard InChI is InChI=1S/C73H91BN2O/c1-18-19-20-21-44-36-49(64-61(37-44)76(46-23-26-51-53(39-46)69(8,9)31-29-67(51,4)5)60-42-56-55(41-58(60)74-64)71(12,13)33-34-72(56,14)15)63-59(75-45-22-25-50-52(38-45)68(6,7)30-28-66(50,2)3)27-24-47-48-40-54-57(43-62(48)77-65(47)63)73(16,17)35-32-70(54,10)11/h22-27,36-43,74-75H,18-21,28-35H2,1-17H3. The van der Waals surface area contributed by atoms with Crippen molar-refractivity contribution in [3.63, 3.8) is 0 Å². The highest BCUT2D eigenvalue weighted by molar-refractivity contribution is 6.73. The van der Waals surface area contributed by atoms with Crippen LogP contribution in [0.25, 0.3) is 33.1 Å². The van der Waals surface area contributed by atoms with Gasteiger partial charge in [0.05, 0.1) is 5.69 Å². The highest BCUT2D eigenvalue weighted by Crippen LogP contribution is 2.54. The summed E-state index contributed by atoms with van der Waals surface area (Å²) in [6.45, 7) is 41.7. The fourth-order valence-corrected chi connectivity index (χ4v) is 15.5. The van der Waals surface area contributed by atoms with Gasteiger partial charge < -0.3 is 14.6 Å². The Morgan fingerprint density at radius 2 is 0.974 bits per heavy atom. The number of unbranched alkanes of at least 4 members (excludes halogenated alkanes) is 2. The SMILES string of the molecule is CCCCCc1cc(-c2c(Nc3ccc4c(c3)C(C)(C)CCC4(C)C)ccc3c2oc2cc4c(cc23)C(C)(C)CCC4(C)C)c2c(c1)N(c1ccc3c(c1)C(C)(C)CCC3(C)C)c1cc3c(cc1B2)C(C)(C)CCC3(C)C. The Morgan fingerprint density at radius 3 is 1.56 bits per heavy atom. The zero-order valence-electron chi connectivity index (χ0n) is 50.6. The molecule has 2 heterocycles. The molecule has 1 aromatic heterocycles. The molecule has 1 aliphatic heterocycles.